The maximum atomic E-state index is 14.9. The lowest BCUT2D eigenvalue weighted by atomic mass is 9.81. The monoisotopic (exact) mass is 590 g/mol. The number of benzodiazepines with no additional fused rings is 1. The van der Waals surface area contributed by atoms with Crippen LogP contribution in [-0.4, -0.2) is 42.8 Å². The van der Waals surface area contributed by atoms with Crippen LogP contribution in [0.15, 0.2) is 71.7 Å². The molecule has 0 fully saturated rings. The van der Waals surface area contributed by atoms with Gasteiger partial charge in [-0.3, -0.25) is 14.4 Å². The molecule has 7 nitrogen and oxygen atoms in total. The van der Waals surface area contributed by atoms with Crippen molar-refractivity contribution in [2.24, 2.45) is 16.6 Å². The van der Waals surface area contributed by atoms with E-state index in [2.05, 4.69) is 10.3 Å². The molecule has 4 rings (SSSR count). The van der Waals surface area contributed by atoms with E-state index >= 15 is 0 Å². The lowest BCUT2D eigenvalue weighted by Gasteiger charge is -2.27. The van der Waals surface area contributed by atoms with Gasteiger partial charge >= 0.3 is 6.18 Å². The summed E-state index contributed by atoms with van der Waals surface area (Å²) in [4.78, 5) is 45.1. The van der Waals surface area contributed by atoms with Crippen LogP contribution < -0.4 is 16.0 Å². The number of primary amides is 1. The Balaban J connectivity index is 1.82. The molecule has 3 N–H and O–H groups in total. The molecule has 0 saturated carbocycles. The van der Waals surface area contributed by atoms with E-state index in [0.29, 0.717) is 28.9 Å². The molecule has 42 heavy (non-hydrogen) atoms. The standard InChI is InChI=1S/C29H24F6N4O3/c1-39-20-10-6-5-9-16(20)24(15-7-3-2-4-8-15)37-26(28(39)42)38-27(41)21(17-11-12-19(30)23(32)22(17)31)18(25(36)40)13-14-29(33,34)35/h2-12,18,21,26H,13-14H2,1H3,(H2,36,40)(H,38,41)/t18-,21+,26-/m1/s1. The van der Waals surface area contributed by atoms with Crippen molar-refractivity contribution in [1.29, 1.82) is 0 Å². The summed E-state index contributed by atoms with van der Waals surface area (Å²) >= 11 is 0. The third-order valence-corrected chi connectivity index (χ3v) is 6.86. The molecular weight excluding hydrogens is 566 g/mol. The third kappa shape index (κ3) is 6.29. The van der Waals surface area contributed by atoms with Crippen LogP contribution in [0.1, 0.15) is 35.4 Å². The lowest BCUT2D eigenvalue weighted by molar-refractivity contribution is -0.143. The molecule has 3 aromatic carbocycles. The average Bonchev–Trinajstić information content (AvgIpc) is 3.05. The van der Waals surface area contributed by atoms with Crippen molar-refractivity contribution >= 4 is 29.1 Å². The summed E-state index contributed by atoms with van der Waals surface area (Å²) in [7, 11) is 1.41. The second-order valence-corrected chi connectivity index (χ2v) is 9.57. The number of likely N-dealkylation sites (N-methyl/N-ethyl adjacent to an activating group) is 1. The SMILES string of the molecule is CN1C(=O)[C@@H](NC(=O)[C@@H](c2ccc(F)c(F)c2F)[C@@H](CCC(F)(F)F)C(N)=O)N=C(c2ccccc2)c2ccccc21. The number of fused-ring (bicyclic) bond motifs is 1. The lowest BCUT2D eigenvalue weighted by Crippen LogP contribution is -2.49. The molecule has 0 spiro atoms. The van der Waals surface area contributed by atoms with Crippen molar-refractivity contribution in [2.45, 2.75) is 31.1 Å². The summed E-state index contributed by atoms with van der Waals surface area (Å²) in [6, 6.07) is 16.4. The van der Waals surface area contributed by atoms with Crippen LogP contribution in [0.25, 0.3) is 0 Å². The number of halogens is 6. The van der Waals surface area contributed by atoms with E-state index in [0.717, 1.165) is 0 Å². The maximum Gasteiger partial charge on any atom is 0.389 e. The molecule has 1 aliphatic heterocycles. The van der Waals surface area contributed by atoms with Gasteiger partial charge in [0.05, 0.1) is 23.2 Å². The topological polar surface area (TPSA) is 105 Å². The second kappa shape index (κ2) is 12.0. The Morgan fingerprint density at radius 3 is 2.26 bits per heavy atom. The van der Waals surface area contributed by atoms with Crippen LogP contribution in [0, 0.1) is 23.4 Å². The number of carbonyl (C=O) groups excluding carboxylic acids is 3. The second-order valence-electron chi connectivity index (χ2n) is 9.57. The summed E-state index contributed by atoms with van der Waals surface area (Å²) in [6.45, 7) is 0. The number of hydrogen-bond acceptors (Lipinski definition) is 4. The number of rotatable bonds is 8. The van der Waals surface area contributed by atoms with Crippen molar-refractivity contribution in [2.75, 3.05) is 11.9 Å². The van der Waals surface area contributed by atoms with E-state index in [4.69, 9.17) is 5.73 Å². The summed E-state index contributed by atoms with van der Waals surface area (Å²) in [5.74, 6) is -13.3. The van der Waals surface area contributed by atoms with Gasteiger partial charge in [0.2, 0.25) is 18.0 Å². The third-order valence-electron chi connectivity index (χ3n) is 6.86. The first-order valence-corrected chi connectivity index (χ1v) is 12.6. The molecule has 0 radical (unpaired) electrons. The summed E-state index contributed by atoms with van der Waals surface area (Å²) < 4.78 is 82.1. The number of para-hydroxylation sites is 1. The minimum Gasteiger partial charge on any atom is -0.369 e. The predicted octanol–water partition coefficient (Wildman–Crippen LogP) is 4.59. The van der Waals surface area contributed by atoms with Crippen molar-refractivity contribution < 1.29 is 40.7 Å². The highest BCUT2D eigenvalue weighted by atomic mass is 19.4. The molecule has 1 heterocycles. The molecule has 0 bridgehead atoms. The molecule has 0 aromatic heterocycles. The van der Waals surface area contributed by atoms with Gasteiger partial charge in [-0.25, -0.2) is 18.2 Å². The van der Waals surface area contributed by atoms with Gasteiger partial charge in [0.25, 0.3) is 5.91 Å². The molecule has 0 saturated heterocycles. The molecule has 3 amide bonds. The van der Waals surface area contributed by atoms with Crippen molar-refractivity contribution in [3.05, 3.63) is 101 Å². The summed E-state index contributed by atoms with van der Waals surface area (Å²) in [6.07, 6.45) is -9.16. The minimum atomic E-state index is -4.79. The quantitative estimate of drug-likeness (QED) is 0.296. The molecule has 0 aliphatic carbocycles. The summed E-state index contributed by atoms with van der Waals surface area (Å²) in [5, 5.41) is 2.28. The number of alkyl halides is 3. The first kappa shape index (κ1) is 30.3. The van der Waals surface area contributed by atoms with Crippen LogP contribution in [-0.2, 0) is 14.4 Å². The van der Waals surface area contributed by atoms with Gasteiger partial charge in [0, 0.05) is 30.2 Å². The number of hydrogen-bond donors (Lipinski definition) is 2. The predicted molar refractivity (Wildman–Crippen MR) is 141 cm³/mol. The number of carbonyl (C=O) groups is 3. The van der Waals surface area contributed by atoms with E-state index < -0.39 is 77.8 Å². The van der Waals surface area contributed by atoms with Crippen molar-refractivity contribution in [1.82, 2.24) is 5.32 Å². The number of nitrogens with one attached hydrogen (secondary N) is 1. The highest BCUT2D eigenvalue weighted by Gasteiger charge is 2.41. The molecule has 3 aromatic rings. The van der Waals surface area contributed by atoms with Gasteiger partial charge < -0.3 is 16.0 Å². The minimum absolute atomic E-state index is 0.272. The van der Waals surface area contributed by atoms with Gasteiger partial charge in [0.15, 0.2) is 17.5 Å². The number of amides is 3. The first-order valence-electron chi connectivity index (χ1n) is 12.6. The smallest absolute Gasteiger partial charge is 0.369 e. The first-order chi connectivity index (χ1) is 19.8. The van der Waals surface area contributed by atoms with Gasteiger partial charge in [-0.15, -0.1) is 0 Å². The average molecular weight is 591 g/mol. The van der Waals surface area contributed by atoms with E-state index in [-0.39, 0.29) is 5.71 Å². The maximum absolute atomic E-state index is 14.9. The van der Waals surface area contributed by atoms with Crippen LogP contribution in [0.5, 0.6) is 0 Å². The number of aliphatic imine (C=N–C) groups is 1. The Hall–Kier alpha value is -4.68. The van der Waals surface area contributed by atoms with Crippen molar-refractivity contribution in [3.63, 3.8) is 0 Å². The molecule has 1 aliphatic rings. The number of nitrogens with two attached hydrogens (primary N) is 1. The Labute approximate surface area is 236 Å². The zero-order valence-electron chi connectivity index (χ0n) is 22.0. The van der Waals surface area contributed by atoms with E-state index in [9.17, 15) is 40.7 Å². The van der Waals surface area contributed by atoms with Gasteiger partial charge in [-0.1, -0.05) is 54.6 Å². The highest BCUT2D eigenvalue weighted by Crippen LogP contribution is 2.35. The number of nitrogens with zero attached hydrogens (tertiary/aromatic N) is 2. The molecule has 0 unspecified atom stereocenters. The van der Waals surface area contributed by atoms with Gasteiger partial charge in [-0.2, -0.15) is 13.2 Å². The zero-order valence-corrected chi connectivity index (χ0v) is 22.0. The van der Waals surface area contributed by atoms with E-state index in [1.807, 2.05) is 0 Å². The molecular formula is C29H24F6N4O3. The van der Waals surface area contributed by atoms with Crippen LogP contribution in [0.3, 0.4) is 0 Å². The van der Waals surface area contributed by atoms with Crippen LogP contribution in [0.4, 0.5) is 32.0 Å². The highest BCUT2D eigenvalue weighted by molar-refractivity contribution is 6.20. The number of benzene rings is 3. The van der Waals surface area contributed by atoms with Gasteiger partial charge in [0.1, 0.15) is 0 Å². The van der Waals surface area contributed by atoms with Crippen LogP contribution in [0.2, 0.25) is 0 Å². The fourth-order valence-corrected chi connectivity index (χ4v) is 4.78. The van der Waals surface area contributed by atoms with Crippen LogP contribution >= 0.6 is 0 Å². The Morgan fingerprint density at radius 1 is 0.976 bits per heavy atom. The number of anilines is 1. The fraction of sp³-hybridized carbons (Fsp3) is 0.241. The normalized spacial score (nSPS) is 16.6. The van der Waals surface area contributed by atoms with Crippen molar-refractivity contribution in [3.8, 4) is 0 Å². The molecule has 220 valence electrons. The van der Waals surface area contributed by atoms with Gasteiger partial charge in [-0.05, 0) is 18.6 Å². The fourth-order valence-electron chi connectivity index (χ4n) is 4.78. The van der Waals surface area contributed by atoms with E-state index in [1.54, 1.807) is 54.6 Å². The summed E-state index contributed by atoms with van der Waals surface area (Å²) in [5.41, 5.74) is 6.19. The zero-order chi connectivity index (χ0) is 30.8. The Kier molecular flexibility index (Phi) is 8.69. The Morgan fingerprint density at radius 2 is 1.62 bits per heavy atom. The molecule has 3 atom stereocenters. The van der Waals surface area contributed by atoms with E-state index in [1.165, 1.54) is 11.9 Å². The largest absolute Gasteiger partial charge is 0.389 e. The molecule has 13 heteroatoms. The Bertz CT molecular complexity index is 1540.